The maximum atomic E-state index is 14.3. The fourth-order valence-corrected chi connectivity index (χ4v) is 4.17. The second kappa shape index (κ2) is 7.09. The Hall–Kier alpha value is -1.00. The van der Waals surface area contributed by atoms with Crippen LogP contribution in [0.15, 0.2) is 29.7 Å². The third kappa shape index (κ3) is 4.54. The number of rotatable bonds is 7. The van der Waals surface area contributed by atoms with Crippen molar-refractivity contribution in [2.24, 2.45) is 5.73 Å². The highest BCUT2D eigenvalue weighted by atomic mass is 32.2. The molecular weight excluding hydrogens is 358 g/mol. The largest absolute Gasteiger partial charge is 0.593 e. The van der Waals surface area contributed by atoms with Crippen LogP contribution < -0.4 is 10.5 Å². The Morgan fingerprint density at radius 2 is 1.92 bits per heavy atom. The molecule has 0 aliphatic heterocycles. The van der Waals surface area contributed by atoms with Crippen molar-refractivity contribution in [2.75, 3.05) is 5.75 Å². The van der Waals surface area contributed by atoms with E-state index in [-0.39, 0.29) is 10.5 Å². The molecule has 0 heterocycles. The van der Waals surface area contributed by atoms with Crippen LogP contribution in [0.3, 0.4) is 0 Å². The fraction of sp³-hybridized carbons (Fsp3) is 0.467. The zero-order chi connectivity index (χ0) is 18.9. The van der Waals surface area contributed by atoms with E-state index in [4.69, 9.17) is 5.73 Å². The van der Waals surface area contributed by atoms with Gasteiger partial charge in [-0.05, 0) is 33.4 Å². The molecule has 136 valence electrons. The van der Waals surface area contributed by atoms with Gasteiger partial charge < -0.3 is 10.3 Å². The SMILES string of the molecule is C=C(C)[S@@+]([O-])N[C@@](C)(CS(=O)(=O)C(C)(C)N)c1cccc(F)c1F. The van der Waals surface area contributed by atoms with E-state index in [0.717, 1.165) is 6.07 Å². The Kier molecular flexibility index (Phi) is 6.21. The quantitative estimate of drug-likeness (QED) is 0.706. The van der Waals surface area contributed by atoms with Crippen LogP contribution in [0.1, 0.15) is 33.3 Å². The third-order valence-electron chi connectivity index (χ3n) is 3.46. The summed E-state index contributed by atoms with van der Waals surface area (Å²) in [6.07, 6.45) is 0. The monoisotopic (exact) mass is 380 g/mol. The van der Waals surface area contributed by atoms with Crippen molar-refractivity contribution in [2.45, 2.75) is 38.1 Å². The summed E-state index contributed by atoms with van der Waals surface area (Å²) in [5, 5.41) is 0. The second-order valence-electron chi connectivity index (χ2n) is 6.37. The molecule has 0 aliphatic carbocycles. The van der Waals surface area contributed by atoms with Gasteiger partial charge in [-0.2, -0.15) is 0 Å². The van der Waals surface area contributed by atoms with E-state index in [1.54, 1.807) is 0 Å². The average molecular weight is 380 g/mol. The van der Waals surface area contributed by atoms with E-state index in [2.05, 4.69) is 11.3 Å². The van der Waals surface area contributed by atoms with Gasteiger partial charge in [0.05, 0.1) is 17.1 Å². The summed E-state index contributed by atoms with van der Waals surface area (Å²) in [6, 6.07) is 3.40. The van der Waals surface area contributed by atoms with E-state index >= 15 is 0 Å². The number of sulfone groups is 1. The van der Waals surface area contributed by atoms with Crippen LogP contribution in [-0.2, 0) is 26.7 Å². The molecule has 0 amide bonds. The van der Waals surface area contributed by atoms with E-state index in [1.807, 2.05) is 0 Å². The summed E-state index contributed by atoms with van der Waals surface area (Å²) in [4.78, 5) is -1.40. The van der Waals surface area contributed by atoms with Crippen LogP contribution in [0, 0.1) is 11.6 Å². The molecule has 5 nitrogen and oxygen atoms in total. The first kappa shape index (κ1) is 21.0. The molecule has 0 bridgehead atoms. The standard InChI is InChI=1S/C15H22F2N2O3S2/c1-10(2)23(20)19-15(5,9-24(21,22)14(3,4)18)11-7-6-8-12(16)13(11)17/h6-8,19H,1,9,18H2,2-5H3/t15-,23+/m0/s1. The van der Waals surface area contributed by atoms with Crippen molar-refractivity contribution in [1.82, 2.24) is 4.72 Å². The predicted octanol–water partition coefficient (Wildman–Crippen LogP) is 2.08. The molecule has 0 spiro atoms. The van der Waals surface area contributed by atoms with Gasteiger partial charge in [0.25, 0.3) is 0 Å². The van der Waals surface area contributed by atoms with Crippen LogP contribution >= 0.6 is 0 Å². The molecule has 0 saturated heterocycles. The lowest BCUT2D eigenvalue weighted by Crippen LogP contribution is -2.54. The number of halogens is 2. The number of nitrogens with two attached hydrogens (primary N) is 1. The molecule has 2 atom stereocenters. The van der Waals surface area contributed by atoms with Gasteiger partial charge in [-0.15, -0.1) is 4.72 Å². The maximum Gasteiger partial charge on any atom is 0.170 e. The Morgan fingerprint density at radius 3 is 2.38 bits per heavy atom. The zero-order valence-electron chi connectivity index (χ0n) is 14.0. The zero-order valence-corrected chi connectivity index (χ0v) is 15.7. The highest BCUT2D eigenvalue weighted by Gasteiger charge is 2.43. The molecular formula is C15H22F2N2O3S2. The topological polar surface area (TPSA) is 95.2 Å². The Labute approximate surface area is 144 Å². The minimum Gasteiger partial charge on any atom is -0.593 e. The molecule has 0 fully saturated rings. The highest BCUT2D eigenvalue weighted by molar-refractivity contribution is 7.94. The Morgan fingerprint density at radius 1 is 1.38 bits per heavy atom. The summed E-state index contributed by atoms with van der Waals surface area (Å²) in [5.41, 5.74) is 3.75. The van der Waals surface area contributed by atoms with Crippen molar-refractivity contribution in [3.63, 3.8) is 0 Å². The van der Waals surface area contributed by atoms with Gasteiger partial charge in [-0.1, -0.05) is 12.1 Å². The van der Waals surface area contributed by atoms with Crippen LogP contribution in [0.2, 0.25) is 0 Å². The van der Waals surface area contributed by atoms with E-state index in [1.165, 1.54) is 39.8 Å². The molecule has 1 aromatic rings. The molecule has 1 aromatic carbocycles. The molecule has 24 heavy (non-hydrogen) atoms. The van der Waals surface area contributed by atoms with Crippen LogP contribution in [0.4, 0.5) is 8.78 Å². The van der Waals surface area contributed by atoms with Gasteiger partial charge in [0.1, 0.15) is 15.3 Å². The minimum absolute atomic E-state index is 0.211. The van der Waals surface area contributed by atoms with E-state index in [0.29, 0.717) is 0 Å². The molecule has 0 saturated carbocycles. The van der Waals surface area contributed by atoms with Crippen molar-refractivity contribution < 1.29 is 21.8 Å². The first-order valence-electron chi connectivity index (χ1n) is 7.02. The van der Waals surface area contributed by atoms with Crippen LogP contribution in [0.25, 0.3) is 0 Å². The van der Waals surface area contributed by atoms with Crippen LogP contribution in [-0.4, -0.2) is 23.6 Å². The van der Waals surface area contributed by atoms with Gasteiger partial charge in [0.2, 0.25) is 0 Å². The smallest absolute Gasteiger partial charge is 0.170 e. The predicted molar refractivity (Wildman–Crippen MR) is 91.9 cm³/mol. The molecule has 0 unspecified atom stereocenters. The first-order chi connectivity index (χ1) is 10.7. The summed E-state index contributed by atoms with van der Waals surface area (Å²) in [5.74, 6) is -3.02. The molecule has 0 aromatic heterocycles. The number of benzene rings is 1. The third-order valence-corrected chi connectivity index (χ3v) is 7.29. The summed E-state index contributed by atoms with van der Waals surface area (Å²) in [6.45, 7) is 8.89. The molecule has 0 radical (unpaired) electrons. The first-order valence-corrected chi connectivity index (χ1v) is 9.82. The van der Waals surface area contributed by atoms with Crippen molar-refractivity contribution in [3.05, 3.63) is 46.9 Å². The number of hydrogen-bond acceptors (Lipinski definition) is 5. The summed E-state index contributed by atoms with van der Waals surface area (Å²) in [7, 11) is -3.94. The van der Waals surface area contributed by atoms with Crippen molar-refractivity contribution in [3.8, 4) is 0 Å². The van der Waals surface area contributed by atoms with Crippen molar-refractivity contribution >= 4 is 21.2 Å². The number of allylic oxidation sites excluding steroid dienone is 1. The van der Waals surface area contributed by atoms with Gasteiger partial charge in [-0.25, -0.2) is 17.2 Å². The molecule has 3 N–H and O–H groups in total. The van der Waals surface area contributed by atoms with Crippen molar-refractivity contribution in [1.29, 1.82) is 0 Å². The number of hydrogen-bond donors (Lipinski definition) is 2. The fourth-order valence-electron chi connectivity index (χ4n) is 1.95. The Bertz CT molecular complexity index is 733. The molecule has 1 rings (SSSR count). The Balaban J connectivity index is 3.48. The normalized spacial score (nSPS) is 16.5. The summed E-state index contributed by atoms with van der Waals surface area (Å²) < 4.78 is 67.5. The van der Waals surface area contributed by atoms with Gasteiger partial charge >= 0.3 is 0 Å². The minimum atomic E-state index is -3.94. The number of nitrogens with one attached hydrogen (secondary N) is 1. The lowest BCUT2D eigenvalue weighted by atomic mass is 9.94. The average Bonchev–Trinajstić information content (AvgIpc) is 2.39. The van der Waals surface area contributed by atoms with Gasteiger partial charge in [0.15, 0.2) is 21.5 Å². The lowest BCUT2D eigenvalue weighted by Gasteiger charge is -2.33. The second-order valence-corrected chi connectivity index (χ2v) is 10.4. The van der Waals surface area contributed by atoms with Crippen LogP contribution in [0.5, 0.6) is 0 Å². The maximum absolute atomic E-state index is 14.3. The summed E-state index contributed by atoms with van der Waals surface area (Å²) >= 11 is -1.86. The van der Waals surface area contributed by atoms with Gasteiger partial charge in [-0.3, -0.25) is 0 Å². The van der Waals surface area contributed by atoms with E-state index < -0.39 is 49.0 Å². The molecule has 0 aliphatic rings. The lowest BCUT2D eigenvalue weighted by molar-refractivity contribution is 0.420. The van der Waals surface area contributed by atoms with Gasteiger partial charge in [0, 0.05) is 12.5 Å². The highest BCUT2D eigenvalue weighted by Crippen LogP contribution is 2.30. The molecule has 9 heteroatoms. The van der Waals surface area contributed by atoms with E-state index in [9.17, 15) is 21.8 Å².